The van der Waals surface area contributed by atoms with Crippen LogP contribution in [0.15, 0.2) is 48.0 Å². The van der Waals surface area contributed by atoms with Gasteiger partial charge in [-0.15, -0.1) is 11.3 Å². The minimum Gasteiger partial charge on any atom is -0.508 e. The van der Waals surface area contributed by atoms with Crippen LogP contribution in [0.2, 0.25) is 0 Å². The molecule has 0 saturated heterocycles. The zero-order chi connectivity index (χ0) is 17.1. The molecule has 130 valence electrons. The van der Waals surface area contributed by atoms with Crippen molar-refractivity contribution in [2.45, 2.75) is 38.1 Å². The molecule has 25 heavy (non-hydrogen) atoms. The summed E-state index contributed by atoms with van der Waals surface area (Å²) >= 11 is 1.84. The Labute approximate surface area is 152 Å². The van der Waals surface area contributed by atoms with Gasteiger partial charge in [-0.3, -0.25) is 0 Å². The van der Waals surface area contributed by atoms with Gasteiger partial charge >= 0.3 is 0 Å². The highest BCUT2D eigenvalue weighted by Gasteiger charge is 2.16. The van der Waals surface area contributed by atoms with Crippen LogP contribution in [0.3, 0.4) is 0 Å². The fourth-order valence-corrected chi connectivity index (χ4v) is 4.49. The van der Waals surface area contributed by atoms with Gasteiger partial charge in [0.2, 0.25) is 0 Å². The van der Waals surface area contributed by atoms with Crippen LogP contribution in [0, 0.1) is 0 Å². The molecule has 1 aliphatic heterocycles. The van der Waals surface area contributed by atoms with E-state index in [1.54, 1.807) is 6.07 Å². The minimum absolute atomic E-state index is 0.340. The summed E-state index contributed by atoms with van der Waals surface area (Å²) in [6.07, 6.45) is 10.2. The van der Waals surface area contributed by atoms with E-state index >= 15 is 0 Å². The summed E-state index contributed by atoms with van der Waals surface area (Å²) in [6.45, 7) is 0.986. The summed E-state index contributed by atoms with van der Waals surface area (Å²) < 4.78 is 0. The third-order valence-electron chi connectivity index (χ3n) is 5.06. The fourth-order valence-electron chi connectivity index (χ4n) is 3.72. The quantitative estimate of drug-likeness (QED) is 0.541. The highest BCUT2D eigenvalue weighted by Crippen LogP contribution is 2.28. The van der Waals surface area contributed by atoms with Crippen LogP contribution in [0.25, 0.3) is 16.5 Å². The number of unbranched alkanes of at least 4 members (excludes halogenated alkanes) is 1. The average molecular weight is 353 g/mol. The molecule has 0 bridgehead atoms. The molecule has 0 amide bonds. The molecule has 1 aliphatic rings. The van der Waals surface area contributed by atoms with Gasteiger partial charge in [0, 0.05) is 34.6 Å². The summed E-state index contributed by atoms with van der Waals surface area (Å²) in [4.78, 5) is 4.72. The van der Waals surface area contributed by atoms with Crippen LogP contribution in [0.4, 0.5) is 0 Å². The number of aromatic nitrogens is 1. The molecule has 3 nitrogen and oxygen atoms in total. The third kappa shape index (κ3) is 3.80. The van der Waals surface area contributed by atoms with E-state index in [9.17, 15) is 5.11 Å². The maximum Gasteiger partial charge on any atom is 0.116 e. The second-order valence-electron chi connectivity index (χ2n) is 6.81. The number of rotatable bonds is 6. The Morgan fingerprint density at radius 2 is 2.16 bits per heavy atom. The van der Waals surface area contributed by atoms with Gasteiger partial charge in [-0.1, -0.05) is 18.6 Å². The molecule has 3 N–H and O–H groups in total. The van der Waals surface area contributed by atoms with Crippen LogP contribution < -0.4 is 5.32 Å². The van der Waals surface area contributed by atoms with Crippen molar-refractivity contribution < 1.29 is 5.11 Å². The predicted octanol–water partition coefficient (Wildman–Crippen LogP) is 5.09. The van der Waals surface area contributed by atoms with Crippen LogP contribution in [-0.4, -0.2) is 22.7 Å². The number of hydrogen-bond donors (Lipinski definition) is 3. The average Bonchev–Trinajstić information content (AvgIpc) is 3.29. The molecule has 1 atom stereocenters. The summed E-state index contributed by atoms with van der Waals surface area (Å²) in [5, 5.41) is 16.6. The van der Waals surface area contributed by atoms with Crippen LogP contribution in [0.5, 0.6) is 5.75 Å². The molecule has 2 aromatic heterocycles. The maximum atomic E-state index is 9.69. The topological polar surface area (TPSA) is 48.0 Å². The Morgan fingerprint density at radius 3 is 3.04 bits per heavy atom. The second-order valence-corrected chi connectivity index (χ2v) is 7.75. The molecular weight excluding hydrogens is 328 g/mol. The van der Waals surface area contributed by atoms with Gasteiger partial charge in [-0.25, -0.2) is 0 Å². The number of phenols is 1. The van der Waals surface area contributed by atoms with Gasteiger partial charge in [0.1, 0.15) is 5.75 Å². The Bertz CT molecular complexity index is 863. The number of hydrogen-bond acceptors (Lipinski definition) is 3. The standard InChI is InChI=1S/C21H24N2OS/c24-18-7-8-20-19(13-18)16(14-23-20)4-1-2-5-17-12-15(9-10-22-17)21-6-3-11-25-21/h3,6-9,11,13-14,17,22-24H,1-2,4-5,10,12H2. The van der Waals surface area contributed by atoms with Crippen LogP contribution in [0.1, 0.15) is 36.1 Å². The Kier molecular flexibility index (Phi) is 4.90. The predicted molar refractivity (Wildman–Crippen MR) is 106 cm³/mol. The lowest BCUT2D eigenvalue weighted by atomic mass is 9.95. The maximum absolute atomic E-state index is 9.69. The first kappa shape index (κ1) is 16.4. The van der Waals surface area contributed by atoms with E-state index in [2.05, 4.69) is 40.1 Å². The Hall–Kier alpha value is -2.04. The van der Waals surface area contributed by atoms with Gasteiger partial charge < -0.3 is 15.4 Å². The van der Waals surface area contributed by atoms with Crippen molar-refractivity contribution in [3.8, 4) is 5.75 Å². The van der Waals surface area contributed by atoms with E-state index in [0.29, 0.717) is 11.8 Å². The zero-order valence-electron chi connectivity index (χ0n) is 14.3. The number of thiophene rings is 1. The molecule has 0 radical (unpaired) electrons. The first-order chi connectivity index (χ1) is 12.3. The third-order valence-corrected chi connectivity index (χ3v) is 6.00. The van der Waals surface area contributed by atoms with Gasteiger partial charge in [0.15, 0.2) is 0 Å². The number of phenolic OH excluding ortho intramolecular Hbond substituents is 1. The molecule has 0 saturated carbocycles. The Morgan fingerprint density at radius 1 is 1.20 bits per heavy atom. The largest absolute Gasteiger partial charge is 0.508 e. The first-order valence-corrected chi connectivity index (χ1v) is 9.93. The number of aromatic hydroxyl groups is 1. The Balaban J connectivity index is 1.28. The number of H-pyrrole nitrogens is 1. The fraction of sp³-hybridized carbons (Fsp3) is 0.333. The van der Waals surface area contributed by atoms with E-state index in [1.165, 1.54) is 35.3 Å². The number of nitrogens with one attached hydrogen (secondary N) is 2. The molecule has 1 aromatic carbocycles. The molecule has 0 spiro atoms. The number of benzene rings is 1. The molecule has 3 heterocycles. The van der Waals surface area contributed by atoms with Gasteiger partial charge in [0.05, 0.1) is 0 Å². The molecule has 0 aliphatic carbocycles. The van der Waals surface area contributed by atoms with Crippen molar-refractivity contribution in [1.82, 2.24) is 10.3 Å². The lowest BCUT2D eigenvalue weighted by molar-refractivity contribution is 0.476. The second kappa shape index (κ2) is 7.46. The van der Waals surface area contributed by atoms with E-state index in [-0.39, 0.29) is 0 Å². The lowest BCUT2D eigenvalue weighted by Crippen LogP contribution is -2.32. The van der Waals surface area contributed by atoms with Crippen molar-refractivity contribution >= 4 is 27.8 Å². The van der Waals surface area contributed by atoms with Crippen LogP contribution in [-0.2, 0) is 6.42 Å². The van der Waals surface area contributed by atoms with Crippen LogP contribution >= 0.6 is 11.3 Å². The number of aryl methyl sites for hydroxylation is 1. The van der Waals surface area contributed by atoms with E-state index in [0.717, 1.165) is 30.3 Å². The minimum atomic E-state index is 0.340. The van der Waals surface area contributed by atoms with Crippen molar-refractivity contribution in [1.29, 1.82) is 0 Å². The smallest absolute Gasteiger partial charge is 0.116 e. The molecular formula is C21H24N2OS. The van der Waals surface area contributed by atoms with E-state index in [4.69, 9.17) is 0 Å². The number of aromatic amines is 1. The lowest BCUT2D eigenvalue weighted by Gasteiger charge is -2.24. The van der Waals surface area contributed by atoms with E-state index in [1.807, 2.05) is 23.5 Å². The molecule has 1 unspecified atom stereocenters. The first-order valence-electron chi connectivity index (χ1n) is 9.05. The normalized spacial score (nSPS) is 17.8. The summed E-state index contributed by atoms with van der Waals surface area (Å²) in [6, 6.07) is 10.5. The molecule has 4 rings (SSSR count). The summed E-state index contributed by atoms with van der Waals surface area (Å²) in [7, 11) is 0. The number of fused-ring (bicyclic) bond motifs is 1. The van der Waals surface area contributed by atoms with Crippen molar-refractivity contribution in [2.24, 2.45) is 0 Å². The monoisotopic (exact) mass is 352 g/mol. The zero-order valence-corrected chi connectivity index (χ0v) is 15.1. The highest BCUT2D eigenvalue weighted by molar-refractivity contribution is 7.11. The SMILES string of the molecule is Oc1ccc2[nH]cc(CCCCC3CC(c4cccs4)=CCN3)c2c1. The highest BCUT2D eigenvalue weighted by atomic mass is 32.1. The van der Waals surface area contributed by atoms with Crippen molar-refractivity contribution in [2.75, 3.05) is 6.54 Å². The molecule has 0 fully saturated rings. The van der Waals surface area contributed by atoms with Crippen molar-refractivity contribution in [3.63, 3.8) is 0 Å². The van der Waals surface area contributed by atoms with Crippen molar-refractivity contribution in [3.05, 3.63) is 58.4 Å². The van der Waals surface area contributed by atoms with Gasteiger partial charge in [0.25, 0.3) is 0 Å². The summed E-state index contributed by atoms with van der Waals surface area (Å²) in [5.41, 5.74) is 3.92. The summed E-state index contributed by atoms with van der Waals surface area (Å²) in [5.74, 6) is 0.340. The molecule has 3 aromatic rings. The molecule has 4 heteroatoms. The van der Waals surface area contributed by atoms with E-state index < -0.39 is 0 Å². The van der Waals surface area contributed by atoms with Gasteiger partial charge in [-0.05, 0) is 66.5 Å². The van der Waals surface area contributed by atoms with Gasteiger partial charge in [-0.2, -0.15) is 0 Å².